The molecule has 6 nitrogen and oxygen atoms in total. The molecule has 1 N–H and O–H groups in total. The van der Waals surface area contributed by atoms with Crippen molar-refractivity contribution in [3.05, 3.63) is 173 Å². The summed E-state index contributed by atoms with van der Waals surface area (Å²) in [4.78, 5) is 0. The molecule has 1 aliphatic rings. The van der Waals surface area contributed by atoms with Crippen LogP contribution in [0.2, 0.25) is 0 Å². The zero-order valence-electron chi connectivity index (χ0n) is 27.1. The summed E-state index contributed by atoms with van der Waals surface area (Å²) < 4.78 is 84.5. The van der Waals surface area contributed by atoms with Gasteiger partial charge in [-0.3, -0.25) is 0 Å². The van der Waals surface area contributed by atoms with Gasteiger partial charge in [0.1, 0.15) is 18.2 Å². The van der Waals surface area contributed by atoms with Crippen molar-refractivity contribution in [3.8, 4) is 5.75 Å². The summed E-state index contributed by atoms with van der Waals surface area (Å²) in [5.74, 6) is -2.79. The fourth-order valence-electron chi connectivity index (χ4n) is 6.27. The van der Waals surface area contributed by atoms with Crippen molar-refractivity contribution in [2.45, 2.75) is 29.1 Å². The van der Waals surface area contributed by atoms with Crippen LogP contribution >= 0.6 is 11.8 Å². The van der Waals surface area contributed by atoms with E-state index in [1.54, 1.807) is 23.9 Å². The molecule has 5 aromatic carbocycles. The number of thioether (sulfide) groups is 1. The molecule has 1 heterocycles. The molecule has 50 heavy (non-hydrogen) atoms. The second-order valence-corrected chi connectivity index (χ2v) is 15.1. The summed E-state index contributed by atoms with van der Waals surface area (Å²) in [7, 11) is -4.04. The molecule has 0 saturated carbocycles. The molecule has 260 valence electrons. The molecule has 0 unspecified atom stereocenters. The van der Waals surface area contributed by atoms with Crippen molar-refractivity contribution in [2.75, 3.05) is 26.3 Å². The summed E-state index contributed by atoms with van der Waals surface area (Å²) in [5.41, 5.74) is 2.97. The van der Waals surface area contributed by atoms with E-state index in [0.717, 1.165) is 22.8 Å². The van der Waals surface area contributed by atoms with Crippen LogP contribution in [0.5, 0.6) is 5.75 Å². The molecule has 0 spiro atoms. The van der Waals surface area contributed by atoms with Crippen LogP contribution < -0.4 is 9.46 Å². The normalized spacial score (nSPS) is 16.8. The Morgan fingerprint density at radius 3 is 1.82 bits per heavy atom. The maximum atomic E-state index is 14.4. The molecule has 1 fully saturated rings. The van der Waals surface area contributed by atoms with Gasteiger partial charge in [0.2, 0.25) is 0 Å². The Balaban J connectivity index is 1.28. The third kappa shape index (κ3) is 8.25. The predicted molar refractivity (Wildman–Crippen MR) is 191 cm³/mol. The van der Waals surface area contributed by atoms with E-state index in [-0.39, 0.29) is 43.7 Å². The molecular weight excluding hydrogens is 682 g/mol. The van der Waals surface area contributed by atoms with Crippen LogP contribution in [0.3, 0.4) is 0 Å². The van der Waals surface area contributed by atoms with Crippen molar-refractivity contribution in [2.24, 2.45) is 0 Å². The molecule has 5 aromatic rings. The number of rotatable bonds is 15. The fraction of sp³-hybridized carbons (Fsp3) is 0.231. The van der Waals surface area contributed by atoms with Gasteiger partial charge < -0.3 is 9.47 Å². The van der Waals surface area contributed by atoms with E-state index in [1.807, 2.05) is 72.8 Å². The van der Waals surface area contributed by atoms with Crippen LogP contribution in [-0.4, -0.2) is 50.3 Å². The van der Waals surface area contributed by atoms with E-state index < -0.39 is 38.4 Å². The molecule has 1 saturated heterocycles. The third-order valence-electron chi connectivity index (χ3n) is 8.57. The number of ether oxygens (including phenoxy) is 2. The lowest BCUT2D eigenvalue weighted by Crippen LogP contribution is -2.46. The topological polar surface area (TPSA) is 67.9 Å². The van der Waals surface area contributed by atoms with Gasteiger partial charge in [0.05, 0.1) is 24.0 Å². The quantitative estimate of drug-likeness (QED) is 0.0683. The molecule has 11 heteroatoms. The number of hydrogen-bond acceptors (Lipinski definition) is 5. The van der Waals surface area contributed by atoms with Crippen molar-refractivity contribution < 1.29 is 31.1 Å². The van der Waals surface area contributed by atoms with Gasteiger partial charge in [-0.25, -0.2) is 13.2 Å². The first-order chi connectivity index (χ1) is 24.3. The van der Waals surface area contributed by atoms with Crippen molar-refractivity contribution in [1.82, 2.24) is 9.03 Å². The first kappa shape index (κ1) is 35.7. The Hall–Kier alpha value is -4.13. The van der Waals surface area contributed by atoms with Crippen molar-refractivity contribution >= 4 is 22.0 Å². The monoisotopic (exact) mass is 718 g/mol. The Kier molecular flexibility index (Phi) is 11.6. The van der Waals surface area contributed by atoms with Gasteiger partial charge in [-0.05, 0) is 41.3 Å². The van der Waals surface area contributed by atoms with E-state index in [1.165, 1.54) is 4.31 Å². The summed E-state index contributed by atoms with van der Waals surface area (Å²) in [6, 6.07) is 40.1. The minimum Gasteiger partial charge on any atom is -0.492 e. The third-order valence-corrected chi connectivity index (χ3v) is 11.9. The first-order valence-corrected chi connectivity index (χ1v) is 18.6. The smallest absolute Gasteiger partial charge is 0.279 e. The van der Waals surface area contributed by atoms with Gasteiger partial charge in [-0.2, -0.15) is 17.4 Å². The largest absolute Gasteiger partial charge is 0.492 e. The number of benzene rings is 5. The van der Waals surface area contributed by atoms with E-state index >= 15 is 0 Å². The minimum atomic E-state index is -4.04. The molecule has 0 aliphatic carbocycles. The lowest BCUT2D eigenvalue weighted by molar-refractivity contribution is 0.0849. The average molecular weight is 719 g/mol. The van der Waals surface area contributed by atoms with Crippen molar-refractivity contribution in [1.29, 1.82) is 0 Å². The predicted octanol–water partition coefficient (Wildman–Crippen LogP) is 7.70. The van der Waals surface area contributed by atoms with E-state index in [2.05, 4.69) is 41.1 Å². The van der Waals surface area contributed by atoms with Crippen LogP contribution in [0.15, 0.2) is 133 Å². The number of halogens is 3. The highest BCUT2D eigenvalue weighted by Gasteiger charge is 2.46. The van der Waals surface area contributed by atoms with E-state index in [0.29, 0.717) is 18.2 Å². The van der Waals surface area contributed by atoms with Crippen LogP contribution in [0.25, 0.3) is 0 Å². The summed E-state index contributed by atoms with van der Waals surface area (Å²) in [5, 5.41) is -0.207. The second kappa shape index (κ2) is 16.3. The summed E-state index contributed by atoms with van der Waals surface area (Å²) in [6.07, 6.45) is 0.417. The molecule has 2 atom stereocenters. The fourth-order valence-corrected chi connectivity index (χ4v) is 9.65. The van der Waals surface area contributed by atoms with Gasteiger partial charge in [0.15, 0.2) is 11.6 Å². The van der Waals surface area contributed by atoms with Crippen LogP contribution in [0.1, 0.15) is 28.7 Å². The Morgan fingerprint density at radius 1 is 0.740 bits per heavy atom. The van der Waals surface area contributed by atoms with Gasteiger partial charge >= 0.3 is 0 Å². The lowest BCUT2D eigenvalue weighted by Gasteiger charge is -2.37. The van der Waals surface area contributed by atoms with Crippen LogP contribution in [0, 0.1) is 17.5 Å². The number of nitrogens with zero attached hydrogens (tertiary/aromatic N) is 1. The highest BCUT2D eigenvalue weighted by Crippen LogP contribution is 2.52. The Labute approximate surface area is 295 Å². The number of para-hydroxylation sites is 1. The molecule has 1 aliphatic heterocycles. The van der Waals surface area contributed by atoms with Gasteiger partial charge in [0.25, 0.3) is 10.2 Å². The average Bonchev–Trinajstić information content (AvgIpc) is 3.56. The standard InChI is InChI=1S/C39H37F3N2O4S2/c40-36-25-38(42)37(41)23-29(36)27-47-28-33-24-35(26-44(33)50(45,46)43-21-22-48-34-19-11-4-12-20-34)49-39(30-13-5-1-6-14-30,31-15-7-2-8-16-31)32-17-9-3-10-18-32/h1-20,23,25,33,35,43H,21-22,24,26-28H2/t33-,35+/m0/s1. The SMILES string of the molecule is O=S(=O)(NCCOc1ccccc1)N1C[C@H](SC(c2ccccc2)(c2ccccc2)c2ccccc2)C[C@H]1COCc1cc(F)c(F)cc1F. The number of nitrogens with one attached hydrogen (secondary N) is 1. The van der Waals surface area contributed by atoms with Gasteiger partial charge in [-0.15, -0.1) is 11.8 Å². The maximum absolute atomic E-state index is 14.4. The van der Waals surface area contributed by atoms with E-state index in [4.69, 9.17) is 9.47 Å². The molecule has 0 bridgehead atoms. The van der Waals surface area contributed by atoms with Gasteiger partial charge in [0, 0.05) is 30.0 Å². The maximum Gasteiger partial charge on any atom is 0.279 e. The molecule has 0 amide bonds. The highest BCUT2D eigenvalue weighted by atomic mass is 32.2. The zero-order valence-corrected chi connectivity index (χ0v) is 28.8. The summed E-state index contributed by atoms with van der Waals surface area (Å²) >= 11 is 1.68. The summed E-state index contributed by atoms with van der Waals surface area (Å²) in [6.45, 7) is -0.134. The highest BCUT2D eigenvalue weighted by molar-refractivity contribution is 8.01. The van der Waals surface area contributed by atoms with Crippen LogP contribution in [0.4, 0.5) is 13.2 Å². The molecular formula is C39H37F3N2O4S2. The second-order valence-electron chi connectivity index (χ2n) is 11.9. The van der Waals surface area contributed by atoms with Gasteiger partial charge in [-0.1, -0.05) is 109 Å². The Morgan fingerprint density at radius 2 is 1.26 bits per heavy atom. The molecule has 6 rings (SSSR count). The lowest BCUT2D eigenvalue weighted by atomic mass is 9.84. The van der Waals surface area contributed by atoms with Crippen molar-refractivity contribution in [3.63, 3.8) is 0 Å². The van der Waals surface area contributed by atoms with E-state index in [9.17, 15) is 21.6 Å². The minimum absolute atomic E-state index is 0.0289. The van der Waals surface area contributed by atoms with Crippen LogP contribution in [-0.2, 0) is 26.3 Å². The Bertz CT molecular complexity index is 1840. The first-order valence-electron chi connectivity index (χ1n) is 16.3. The number of hydrogen-bond donors (Lipinski definition) is 1. The zero-order chi connectivity index (χ0) is 35.0. The molecule has 0 radical (unpaired) electrons. The molecule has 0 aromatic heterocycles.